The third kappa shape index (κ3) is 3.27. The number of halogens is 1. The van der Waals surface area contributed by atoms with Gasteiger partial charge in [-0.15, -0.1) is 0 Å². The molecule has 0 spiro atoms. The van der Waals surface area contributed by atoms with Gasteiger partial charge in [0.1, 0.15) is 5.82 Å². The highest BCUT2D eigenvalue weighted by molar-refractivity contribution is 5.66. The van der Waals surface area contributed by atoms with Crippen molar-refractivity contribution in [1.29, 1.82) is 0 Å². The van der Waals surface area contributed by atoms with E-state index in [0.717, 1.165) is 30.4 Å². The molecular formula is C15H17FO. The maximum absolute atomic E-state index is 12.8. The van der Waals surface area contributed by atoms with Crippen molar-refractivity contribution in [2.75, 3.05) is 6.61 Å². The summed E-state index contributed by atoms with van der Waals surface area (Å²) in [6.07, 6.45) is 9.76. The Morgan fingerprint density at radius 2 is 2.06 bits per heavy atom. The molecule has 1 aliphatic carbocycles. The molecule has 0 aromatic heterocycles. The standard InChI is InChI=1S/C15H17FO/c16-15-8-6-13(7-9-15)14(11-17)10-12-4-2-1-3-5-12/h1-2,6-10,12,17H,3-5,11H2. The van der Waals surface area contributed by atoms with E-state index in [2.05, 4.69) is 18.2 Å². The molecule has 1 aromatic carbocycles. The average Bonchev–Trinajstić information content (AvgIpc) is 2.38. The highest BCUT2D eigenvalue weighted by Crippen LogP contribution is 2.24. The van der Waals surface area contributed by atoms with Crippen LogP contribution in [0.3, 0.4) is 0 Å². The topological polar surface area (TPSA) is 20.2 Å². The molecule has 17 heavy (non-hydrogen) atoms. The lowest BCUT2D eigenvalue weighted by Gasteiger charge is -2.15. The van der Waals surface area contributed by atoms with Crippen LogP contribution in [-0.2, 0) is 0 Å². The lowest BCUT2D eigenvalue weighted by atomic mass is 9.91. The Kier molecular flexibility index (Phi) is 4.10. The summed E-state index contributed by atoms with van der Waals surface area (Å²) < 4.78 is 12.8. The fourth-order valence-corrected chi connectivity index (χ4v) is 2.16. The van der Waals surface area contributed by atoms with Gasteiger partial charge in [0.05, 0.1) is 6.61 Å². The zero-order chi connectivity index (χ0) is 12.1. The van der Waals surface area contributed by atoms with E-state index in [4.69, 9.17) is 0 Å². The molecule has 0 bridgehead atoms. The van der Waals surface area contributed by atoms with Crippen LogP contribution in [0, 0.1) is 11.7 Å². The molecule has 1 aliphatic rings. The molecule has 2 heteroatoms. The van der Waals surface area contributed by atoms with Crippen LogP contribution in [0.5, 0.6) is 0 Å². The van der Waals surface area contributed by atoms with Gasteiger partial charge in [0.15, 0.2) is 0 Å². The largest absolute Gasteiger partial charge is 0.392 e. The zero-order valence-corrected chi connectivity index (χ0v) is 9.77. The monoisotopic (exact) mass is 232 g/mol. The maximum atomic E-state index is 12.8. The molecular weight excluding hydrogens is 215 g/mol. The quantitative estimate of drug-likeness (QED) is 0.790. The second kappa shape index (κ2) is 5.78. The second-order valence-electron chi connectivity index (χ2n) is 4.40. The maximum Gasteiger partial charge on any atom is 0.123 e. The molecule has 1 nitrogen and oxygen atoms in total. The van der Waals surface area contributed by atoms with Crippen molar-refractivity contribution in [2.24, 2.45) is 5.92 Å². The highest BCUT2D eigenvalue weighted by Gasteiger charge is 2.09. The zero-order valence-electron chi connectivity index (χ0n) is 9.77. The van der Waals surface area contributed by atoms with Crippen LogP contribution in [0.1, 0.15) is 24.8 Å². The van der Waals surface area contributed by atoms with Crippen molar-refractivity contribution < 1.29 is 9.50 Å². The predicted molar refractivity (Wildman–Crippen MR) is 67.9 cm³/mol. The van der Waals surface area contributed by atoms with Gasteiger partial charge in [0.25, 0.3) is 0 Å². The predicted octanol–water partition coefficient (Wildman–Crippen LogP) is 3.56. The smallest absolute Gasteiger partial charge is 0.123 e. The van der Waals surface area contributed by atoms with Gasteiger partial charge in [0, 0.05) is 0 Å². The van der Waals surface area contributed by atoms with Crippen LogP contribution >= 0.6 is 0 Å². The molecule has 1 aromatic rings. The van der Waals surface area contributed by atoms with Crippen molar-refractivity contribution in [3.63, 3.8) is 0 Å². The minimum atomic E-state index is -0.244. The number of aliphatic hydroxyl groups excluding tert-OH is 1. The molecule has 0 saturated carbocycles. The molecule has 0 saturated heterocycles. The Morgan fingerprint density at radius 3 is 2.65 bits per heavy atom. The molecule has 90 valence electrons. The number of rotatable bonds is 3. The first-order chi connectivity index (χ1) is 8.29. The van der Waals surface area contributed by atoms with E-state index < -0.39 is 0 Å². The summed E-state index contributed by atoms with van der Waals surface area (Å²) in [5.41, 5.74) is 1.80. The summed E-state index contributed by atoms with van der Waals surface area (Å²) in [5, 5.41) is 9.40. The van der Waals surface area contributed by atoms with Gasteiger partial charge in [-0.2, -0.15) is 0 Å². The van der Waals surface area contributed by atoms with Crippen LogP contribution in [0.25, 0.3) is 5.57 Å². The first kappa shape index (κ1) is 12.1. The number of allylic oxidation sites excluding steroid dienone is 3. The molecule has 2 rings (SSSR count). The van der Waals surface area contributed by atoms with Gasteiger partial charge in [-0.25, -0.2) is 4.39 Å². The van der Waals surface area contributed by atoms with Gasteiger partial charge in [-0.1, -0.05) is 30.4 Å². The van der Waals surface area contributed by atoms with E-state index >= 15 is 0 Å². The van der Waals surface area contributed by atoms with Gasteiger partial charge in [0.2, 0.25) is 0 Å². The van der Waals surface area contributed by atoms with Crippen molar-refractivity contribution in [1.82, 2.24) is 0 Å². The van der Waals surface area contributed by atoms with E-state index in [1.165, 1.54) is 12.1 Å². The first-order valence-corrected chi connectivity index (χ1v) is 6.02. The van der Waals surface area contributed by atoms with Crippen molar-refractivity contribution in [3.8, 4) is 0 Å². The molecule has 0 heterocycles. The normalized spacial score (nSPS) is 20.6. The Hall–Kier alpha value is -1.41. The van der Waals surface area contributed by atoms with E-state index in [-0.39, 0.29) is 12.4 Å². The molecule has 1 N–H and O–H groups in total. The summed E-state index contributed by atoms with van der Waals surface area (Å²) in [6, 6.07) is 6.30. The average molecular weight is 232 g/mol. The van der Waals surface area contributed by atoms with Crippen LogP contribution < -0.4 is 0 Å². The van der Waals surface area contributed by atoms with Crippen molar-refractivity contribution >= 4 is 5.57 Å². The number of hydrogen-bond donors (Lipinski definition) is 1. The van der Waals surface area contributed by atoms with Crippen LogP contribution in [0.2, 0.25) is 0 Å². The van der Waals surface area contributed by atoms with Gasteiger partial charge >= 0.3 is 0 Å². The van der Waals surface area contributed by atoms with Gasteiger partial charge in [-0.05, 0) is 48.4 Å². The molecule has 0 radical (unpaired) electrons. The summed E-state index contributed by atoms with van der Waals surface area (Å²) in [6.45, 7) is 0.00580. The van der Waals surface area contributed by atoms with Crippen molar-refractivity contribution in [3.05, 3.63) is 53.9 Å². The summed E-state index contributed by atoms with van der Waals surface area (Å²) in [5.74, 6) is 0.249. The first-order valence-electron chi connectivity index (χ1n) is 6.02. The fourth-order valence-electron chi connectivity index (χ4n) is 2.16. The number of benzene rings is 1. The Balaban J connectivity index is 2.17. The Labute approximate surface area is 101 Å². The van der Waals surface area contributed by atoms with E-state index in [0.29, 0.717) is 5.92 Å². The second-order valence-corrected chi connectivity index (χ2v) is 4.40. The Morgan fingerprint density at radius 1 is 1.29 bits per heavy atom. The highest BCUT2D eigenvalue weighted by atomic mass is 19.1. The molecule has 1 unspecified atom stereocenters. The van der Waals surface area contributed by atoms with Gasteiger partial charge < -0.3 is 5.11 Å². The summed E-state index contributed by atoms with van der Waals surface area (Å²) >= 11 is 0. The summed E-state index contributed by atoms with van der Waals surface area (Å²) in [7, 11) is 0. The molecule has 0 fully saturated rings. The van der Waals surface area contributed by atoms with Crippen LogP contribution in [0.4, 0.5) is 4.39 Å². The third-order valence-corrected chi connectivity index (χ3v) is 3.13. The van der Waals surface area contributed by atoms with E-state index in [9.17, 15) is 9.50 Å². The minimum absolute atomic E-state index is 0.00580. The molecule has 0 amide bonds. The minimum Gasteiger partial charge on any atom is -0.392 e. The third-order valence-electron chi connectivity index (χ3n) is 3.13. The SMILES string of the molecule is OCC(=CC1CC=CCC1)c1ccc(F)cc1. The molecule has 1 atom stereocenters. The summed E-state index contributed by atoms with van der Waals surface area (Å²) in [4.78, 5) is 0. The van der Waals surface area contributed by atoms with Crippen LogP contribution in [-0.4, -0.2) is 11.7 Å². The lowest BCUT2D eigenvalue weighted by Crippen LogP contribution is -2.01. The Bertz CT molecular complexity index is 417. The number of aliphatic hydroxyl groups is 1. The van der Waals surface area contributed by atoms with Crippen molar-refractivity contribution in [2.45, 2.75) is 19.3 Å². The lowest BCUT2D eigenvalue weighted by molar-refractivity contribution is 0.349. The van der Waals surface area contributed by atoms with Crippen LogP contribution in [0.15, 0.2) is 42.5 Å². The van der Waals surface area contributed by atoms with E-state index in [1.807, 2.05) is 0 Å². The number of hydrogen-bond acceptors (Lipinski definition) is 1. The van der Waals surface area contributed by atoms with Gasteiger partial charge in [-0.3, -0.25) is 0 Å². The van der Waals surface area contributed by atoms with E-state index in [1.54, 1.807) is 12.1 Å². The molecule has 0 aliphatic heterocycles. The fraction of sp³-hybridized carbons (Fsp3) is 0.333.